The van der Waals surface area contributed by atoms with Crippen LogP contribution in [-0.2, 0) is 7.05 Å². The van der Waals surface area contributed by atoms with Crippen LogP contribution in [0.5, 0.6) is 0 Å². The Labute approximate surface area is 112 Å². The Kier molecular flexibility index (Phi) is 2.93. The number of fused-ring (bicyclic) bond motifs is 1. The lowest BCUT2D eigenvalue weighted by Crippen LogP contribution is -1.96. The minimum absolute atomic E-state index is 0.123. The number of pyridine rings is 1. The number of hydrogen-bond donors (Lipinski definition) is 0. The highest BCUT2D eigenvalue weighted by atomic mass is 19.3. The molecule has 0 fully saturated rings. The highest BCUT2D eigenvalue weighted by Crippen LogP contribution is 2.30. The van der Waals surface area contributed by atoms with E-state index in [9.17, 15) is 13.2 Å². The summed E-state index contributed by atoms with van der Waals surface area (Å²) in [7, 11) is 1.64. The second-order valence-corrected chi connectivity index (χ2v) is 4.41. The van der Waals surface area contributed by atoms with Gasteiger partial charge in [-0.2, -0.15) is 5.10 Å². The zero-order valence-corrected chi connectivity index (χ0v) is 10.5. The highest BCUT2D eigenvalue weighted by molar-refractivity contribution is 5.82. The van der Waals surface area contributed by atoms with Gasteiger partial charge in [-0.3, -0.25) is 4.68 Å². The van der Waals surface area contributed by atoms with Crippen LogP contribution in [0.1, 0.15) is 12.0 Å². The van der Waals surface area contributed by atoms with Gasteiger partial charge in [0.15, 0.2) is 5.65 Å². The third-order valence-corrected chi connectivity index (χ3v) is 3.11. The van der Waals surface area contributed by atoms with Gasteiger partial charge in [-0.25, -0.2) is 18.2 Å². The quantitative estimate of drug-likeness (QED) is 0.715. The van der Waals surface area contributed by atoms with Crippen LogP contribution in [-0.4, -0.2) is 14.8 Å². The lowest BCUT2D eigenvalue weighted by molar-refractivity contribution is 0.153. The van der Waals surface area contributed by atoms with E-state index in [1.165, 1.54) is 41.2 Å². The van der Waals surface area contributed by atoms with Crippen LogP contribution in [0.15, 0.2) is 36.5 Å². The molecule has 0 aliphatic rings. The molecule has 0 N–H and O–H groups in total. The molecular formula is C14H10F3N3. The molecule has 0 spiro atoms. The van der Waals surface area contributed by atoms with Crippen LogP contribution in [0.4, 0.5) is 13.2 Å². The molecule has 3 nitrogen and oxygen atoms in total. The number of aromatic nitrogens is 3. The largest absolute Gasteiger partial charge is 0.264 e. The van der Waals surface area contributed by atoms with E-state index in [0.717, 1.165) is 0 Å². The first-order valence-corrected chi connectivity index (χ1v) is 5.93. The Bertz CT molecular complexity index is 763. The number of halogens is 3. The molecule has 2 aromatic heterocycles. The summed E-state index contributed by atoms with van der Waals surface area (Å²) in [6.45, 7) is 0. The van der Waals surface area contributed by atoms with Gasteiger partial charge in [-0.05, 0) is 30.3 Å². The first kappa shape index (κ1) is 12.7. The second-order valence-electron chi connectivity index (χ2n) is 4.41. The zero-order chi connectivity index (χ0) is 14.3. The molecule has 0 saturated carbocycles. The molecule has 0 atom stereocenters. The average molecular weight is 277 g/mol. The standard InChI is InChI=1S/C14H10F3N3/c1-20-14-11(7-18-20)10(13(16)17)6-12(19-14)8-2-4-9(15)5-3-8/h2-7,13H,1H3. The molecule has 6 heteroatoms. The monoisotopic (exact) mass is 277 g/mol. The van der Waals surface area contributed by atoms with Crippen LogP contribution >= 0.6 is 0 Å². The molecule has 1 aromatic carbocycles. The van der Waals surface area contributed by atoms with Gasteiger partial charge in [0.25, 0.3) is 6.43 Å². The summed E-state index contributed by atoms with van der Waals surface area (Å²) in [6, 6.07) is 6.88. The summed E-state index contributed by atoms with van der Waals surface area (Å²) in [4.78, 5) is 4.32. The predicted molar refractivity (Wildman–Crippen MR) is 68.9 cm³/mol. The van der Waals surface area contributed by atoms with E-state index in [0.29, 0.717) is 22.3 Å². The third-order valence-electron chi connectivity index (χ3n) is 3.11. The number of alkyl halides is 2. The van der Waals surface area contributed by atoms with E-state index < -0.39 is 6.43 Å². The van der Waals surface area contributed by atoms with Crippen molar-refractivity contribution in [2.75, 3.05) is 0 Å². The number of benzene rings is 1. The number of nitrogens with zero attached hydrogens (tertiary/aromatic N) is 3. The van der Waals surface area contributed by atoms with Gasteiger partial charge >= 0.3 is 0 Å². The highest BCUT2D eigenvalue weighted by Gasteiger charge is 2.17. The molecule has 102 valence electrons. The van der Waals surface area contributed by atoms with Crippen LogP contribution in [0.2, 0.25) is 0 Å². The topological polar surface area (TPSA) is 30.7 Å². The summed E-state index contributed by atoms with van der Waals surface area (Å²) in [5.41, 5.74) is 1.21. The summed E-state index contributed by atoms with van der Waals surface area (Å²) in [6.07, 6.45) is -1.25. The van der Waals surface area contributed by atoms with Gasteiger partial charge in [0, 0.05) is 23.6 Å². The molecule has 0 unspecified atom stereocenters. The molecule has 3 rings (SSSR count). The van der Waals surface area contributed by atoms with Crippen molar-refractivity contribution in [3.63, 3.8) is 0 Å². The number of rotatable bonds is 2. The maximum Gasteiger partial charge on any atom is 0.264 e. The van der Waals surface area contributed by atoms with Gasteiger partial charge in [-0.1, -0.05) is 0 Å². The lowest BCUT2D eigenvalue weighted by atomic mass is 10.1. The van der Waals surface area contributed by atoms with Crippen molar-refractivity contribution >= 4 is 11.0 Å². The number of hydrogen-bond acceptors (Lipinski definition) is 2. The predicted octanol–water partition coefficient (Wildman–Crippen LogP) is 3.71. The van der Waals surface area contributed by atoms with E-state index in [1.807, 2.05) is 0 Å². The molecular weight excluding hydrogens is 267 g/mol. The Hall–Kier alpha value is -2.37. The van der Waals surface area contributed by atoms with Crippen molar-refractivity contribution in [2.45, 2.75) is 6.43 Å². The second kappa shape index (κ2) is 4.63. The van der Waals surface area contributed by atoms with Crippen molar-refractivity contribution < 1.29 is 13.2 Å². The fourth-order valence-corrected chi connectivity index (χ4v) is 2.09. The Morgan fingerprint density at radius 1 is 1.15 bits per heavy atom. The Balaban J connectivity index is 2.26. The first-order valence-electron chi connectivity index (χ1n) is 5.93. The van der Waals surface area contributed by atoms with Crippen LogP contribution in [0, 0.1) is 5.82 Å². The summed E-state index contributed by atoms with van der Waals surface area (Å²) in [5.74, 6) is -0.385. The maximum atomic E-state index is 13.1. The average Bonchev–Trinajstić information content (AvgIpc) is 2.80. The van der Waals surface area contributed by atoms with Crippen molar-refractivity contribution in [1.29, 1.82) is 0 Å². The molecule has 0 aliphatic heterocycles. The fraction of sp³-hybridized carbons (Fsp3) is 0.143. The zero-order valence-electron chi connectivity index (χ0n) is 10.5. The smallest absolute Gasteiger partial charge is 0.250 e. The van der Waals surface area contributed by atoms with Gasteiger partial charge in [0.2, 0.25) is 0 Å². The summed E-state index contributed by atoms with van der Waals surface area (Å²) >= 11 is 0. The fourth-order valence-electron chi connectivity index (χ4n) is 2.09. The normalized spacial score (nSPS) is 11.4. The van der Waals surface area contributed by atoms with E-state index >= 15 is 0 Å². The van der Waals surface area contributed by atoms with Crippen LogP contribution in [0.25, 0.3) is 22.3 Å². The molecule has 0 aliphatic carbocycles. The summed E-state index contributed by atoms with van der Waals surface area (Å²) < 4.78 is 40.6. The van der Waals surface area contributed by atoms with Gasteiger partial charge in [-0.15, -0.1) is 0 Å². The van der Waals surface area contributed by atoms with E-state index in [1.54, 1.807) is 7.05 Å². The molecule has 0 saturated heterocycles. The lowest BCUT2D eigenvalue weighted by Gasteiger charge is -2.07. The molecule has 0 bridgehead atoms. The Morgan fingerprint density at radius 2 is 1.85 bits per heavy atom. The van der Waals surface area contributed by atoms with Gasteiger partial charge in [0.05, 0.1) is 11.9 Å². The van der Waals surface area contributed by atoms with E-state index in [2.05, 4.69) is 10.1 Å². The number of aryl methyl sites for hydroxylation is 1. The van der Waals surface area contributed by atoms with Crippen molar-refractivity contribution in [3.8, 4) is 11.3 Å². The van der Waals surface area contributed by atoms with E-state index in [4.69, 9.17) is 0 Å². The van der Waals surface area contributed by atoms with Crippen molar-refractivity contribution in [3.05, 3.63) is 47.9 Å². The SMILES string of the molecule is Cn1ncc2c(C(F)F)cc(-c3ccc(F)cc3)nc21. The molecule has 3 aromatic rings. The van der Waals surface area contributed by atoms with Crippen molar-refractivity contribution in [2.24, 2.45) is 7.05 Å². The summed E-state index contributed by atoms with van der Waals surface area (Å²) in [5, 5.41) is 4.28. The molecule has 0 radical (unpaired) electrons. The maximum absolute atomic E-state index is 13.1. The molecule has 2 heterocycles. The van der Waals surface area contributed by atoms with Gasteiger partial charge < -0.3 is 0 Å². The first-order chi connectivity index (χ1) is 9.56. The van der Waals surface area contributed by atoms with Crippen LogP contribution in [0.3, 0.4) is 0 Å². The minimum atomic E-state index is -2.62. The minimum Gasteiger partial charge on any atom is -0.250 e. The Morgan fingerprint density at radius 3 is 2.50 bits per heavy atom. The van der Waals surface area contributed by atoms with Gasteiger partial charge in [0.1, 0.15) is 5.82 Å². The molecule has 0 amide bonds. The third kappa shape index (κ3) is 2.03. The van der Waals surface area contributed by atoms with Crippen LogP contribution < -0.4 is 0 Å². The van der Waals surface area contributed by atoms with E-state index in [-0.39, 0.29) is 11.4 Å². The molecule has 20 heavy (non-hydrogen) atoms. The van der Waals surface area contributed by atoms with Crippen molar-refractivity contribution in [1.82, 2.24) is 14.8 Å².